The first-order chi connectivity index (χ1) is 9.85. The predicted molar refractivity (Wildman–Crippen MR) is 86.9 cm³/mol. The molecule has 1 aromatic heterocycles. The topological polar surface area (TPSA) is 57.6 Å². The average molecular weight is 374 g/mol. The SMILES string of the molecule is Cc1cc(C(=O)N(C)C2(CC(=O)O)CCCCC2)sc1Br. The van der Waals surface area contributed by atoms with E-state index in [-0.39, 0.29) is 12.3 Å². The van der Waals surface area contributed by atoms with Gasteiger partial charge in [-0.1, -0.05) is 19.3 Å². The number of hydrogen-bond acceptors (Lipinski definition) is 3. The van der Waals surface area contributed by atoms with Crippen LogP contribution in [0, 0.1) is 6.92 Å². The van der Waals surface area contributed by atoms with Gasteiger partial charge in [-0.2, -0.15) is 0 Å². The summed E-state index contributed by atoms with van der Waals surface area (Å²) < 4.78 is 0.954. The first-order valence-electron chi connectivity index (χ1n) is 7.12. The van der Waals surface area contributed by atoms with Gasteiger partial charge >= 0.3 is 5.97 Å². The summed E-state index contributed by atoms with van der Waals surface area (Å²) >= 11 is 4.85. The Morgan fingerprint density at radius 3 is 2.48 bits per heavy atom. The molecule has 0 aliphatic heterocycles. The number of carbonyl (C=O) groups is 2. The average Bonchev–Trinajstić information content (AvgIpc) is 2.77. The van der Waals surface area contributed by atoms with Gasteiger partial charge in [-0.15, -0.1) is 11.3 Å². The maximum atomic E-state index is 12.7. The van der Waals surface area contributed by atoms with Crippen LogP contribution in [0.5, 0.6) is 0 Å². The molecule has 1 saturated carbocycles. The fraction of sp³-hybridized carbons (Fsp3) is 0.600. The summed E-state index contributed by atoms with van der Waals surface area (Å²) in [6.07, 6.45) is 4.66. The number of thiophene rings is 1. The van der Waals surface area contributed by atoms with Crippen molar-refractivity contribution in [3.8, 4) is 0 Å². The zero-order valence-corrected chi connectivity index (χ0v) is 14.7. The molecule has 116 valence electrons. The van der Waals surface area contributed by atoms with E-state index >= 15 is 0 Å². The van der Waals surface area contributed by atoms with E-state index in [1.807, 2.05) is 13.0 Å². The van der Waals surface area contributed by atoms with Gasteiger partial charge in [0, 0.05) is 7.05 Å². The Hall–Kier alpha value is -0.880. The number of hydrogen-bond donors (Lipinski definition) is 1. The molecule has 4 nitrogen and oxygen atoms in total. The third-order valence-electron chi connectivity index (χ3n) is 4.35. The zero-order chi connectivity index (χ0) is 15.6. The molecule has 1 aromatic rings. The molecule has 1 heterocycles. The molecule has 0 atom stereocenters. The van der Waals surface area contributed by atoms with Crippen LogP contribution in [-0.2, 0) is 4.79 Å². The second-order valence-electron chi connectivity index (χ2n) is 5.79. The van der Waals surface area contributed by atoms with Crippen LogP contribution in [0.25, 0.3) is 0 Å². The maximum absolute atomic E-state index is 12.7. The lowest BCUT2D eigenvalue weighted by atomic mass is 9.78. The Morgan fingerprint density at radius 2 is 2.00 bits per heavy atom. The minimum Gasteiger partial charge on any atom is -0.481 e. The molecule has 0 aromatic carbocycles. The second-order valence-corrected chi connectivity index (χ2v) is 8.16. The van der Waals surface area contributed by atoms with E-state index in [1.165, 1.54) is 11.3 Å². The summed E-state index contributed by atoms with van der Waals surface area (Å²) in [5, 5.41) is 9.24. The van der Waals surface area contributed by atoms with Crippen molar-refractivity contribution in [3.63, 3.8) is 0 Å². The first-order valence-corrected chi connectivity index (χ1v) is 8.72. The van der Waals surface area contributed by atoms with Gasteiger partial charge in [-0.25, -0.2) is 0 Å². The summed E-state index contributed by atoms with van der Waals surface area (Å²) in [5.41, 5.74) is 0.499. The smallest absolute Gasteiger partial charge is 0.305 e. The molecular weight excluding hydrogens is 354 g/mol. The number of rotatable bonds is 4. The number of carbonyl (C=O) groups excluding carboxylic acids is 1. The van der Waals surface area contributed by atoms with Crippen LogP contribution in [-0.4, -0.2) is 34.5 Å². The fourth-order valence-electron chi connectivity index (χ4n) is 3.07. The summed E-state index contributed by atoms with van der Waals surface area (Å²) in [6.45, 7) is 1.95. The second kappa shape index (κ2) is 6.48. The monoisotopic (exact) mass is 373 g/mol. The minimum atomic E-state index is -0.833. The van der Waals surface area contributed by atoms with Crippen LogP contribution in [0.15, 0.2) is 9.85 Å². The third kappa shape index (κ3) is 3.48. The van der Waals surface area contributed by atoms with E-state index in [4.69, 9.17) is 0 Å². The van der Waals surface area contributed by atoms with Gasteiger partial charge in [-0.3, -0.25) is 9.59 Å². The van der Waals surface area contributed by atoms with Crippen LogP contribution in [0.2, 0.25) is 0 Å². The minimum absolute atomic E-state index is 0.0285. The van der Waals surface area contributed by atoms with Gasteiger partial charge < -0.3 is 10.0 Å². The molecule has 0 saturated heterocycles. The van der Waals surface area contributed by atoms with Gasteiger partial charge in [0.2, 0.25) is 0 Å². The van der Waals surface area contributed by atoms with Gasteiger partial charge in [-0.05, 0) is 47.3 Å². The lowest BCUT2D eigenvalue weighted by molar-refractivity contribution is -0.140. The van der Waals surface area contributed by atoms with Crippen LogP contribution in [0.3, 0.4) is 0 Å². The van der Waals surface area contributed by atoms with Crippen molar-refractivity contribution < 1.29 is 14.7 Å². The van der Waals surface area contributed by atoms with Gasteiger partial charge in [0.15, 0.2) is 0 Å². The quantitative estimate of drug-likeness (QED) is 0.865. The van der Waals surface area contributed by atoms with Crippen LogP contribution in [0.4, 0.5) is 0 Å². The number of halogens is 1. The van der Waals surface area contributed by atoms with Crippen molar-refractivity contribution in [2.24, 2.45) is 0 Å². The fourth-order valence-corrected chi connectivity index (χ4v) is 4.58. The van der Waals surface area contributed by atoms with Crippen molar-refractivity contribution in [1.29, 1.82) is 0 Å². The van der Waals surface area contributed by atoms with E-state index < -0.39 is 11.5 Å². The molecule has 1 N–H and O–H groups in total. The molecule has 0 spiro atoms. The predicted octanol–water partition coefficient (Wildman–Crippen LogP) is 4.07. The highest BCUT2D eigenvalue weighted by Gasteiger charge is 2.41. The van der Waals surface area contributed by atoms with Crippen molar-refractivity contribution >= 4 is 39.1 Å². The molecule has 1 aliphatic carbocycles. The van der Waals surface area contributed by atoms with Crippen molar-refractivity contribution in [1.82, 2.24) is 4.90 Å². The number of aliphatic carboxylic acids is 1. The summed E-state index contributed by atoms with van der Waals surface area (Å²) in [6, 6.07) is 1.87. The zero-order valence-electron chi connectivity index (χ0n) is 12.3. The third-order valence-corrected chi connectivity index (χ3v) is 6.47. The summed E-state index contributed by atoms with van der Waals surface area (Å²) in [4.78, 5) is 26.3. The molecule has 0 unspecified atom stereocenters. The molecule has 6 heteroatoms. The van der Waals surface area contributed by atoms with E-state index in [2.05, 4.69) is 15.9 Å². The number of nitrogens with zero attached hydrogens (tertiary/aromatic N) is 1. The van der Waals surface area contributed by atoms with Crippen molar-refractivity contribution in [2.75, 3.05) is 7.05 Å². The number of aryl methyl sites for hydroxylation is 1. The molecule has 1 aliphatic rings. The van der Waals surface area contributed by atoms with Gasteiger partial charge in [0.1, 0.15) is 0 Å². The highest BCUT2D eigenvalue weighted by atomic mass is 79.9. The Balaban J connectivity index is 2.26. The lowest BCUT2D eigenvalue weighted by Crippen LogP contribution is -2.52. The van der Waals surface area contributed by atoms with Crippen molar-refractivity contribution in [2.45, 2.75) is 51.0 Å². The molecule has 21 heavy (non-hydrogen) atoms. The first kappa shape index (κ1) is 16.5. The van der Waals surface area contributed by atoms with Gasteiger partial charge in [0.05, 0.1) is 20.6 Å². The molecule has 0 bridgehead atoms. The Bertz CT molecular complexity index is 530. The molecular formula is C15H20BrNO3S. The highest BCUT2D eigenvalue weighted by molar-refractivity contribution is 9.11. The molecule has 1 fully saturated rings. The Morgan fingerprint density at radius 1 is 1.38 bits per heavy atom. The van der Waals surface area contributed by atoms with Crippen LogP contribution >= 0.6 is 27.3 Å². The molecule has 0 radical (unpaired) electrons. The molecule has 1 amide bonds. The molecule has 2 rings (SSSR count). The largest absolute Gasteiger partial charge is 0.481 e. The van der Waals surface area contributed by atoms with E-state index in [9.17, 15) is 14.7 Å². The number of carboxylic acids is 1. The van der Waals surface area contributed by atoms with E-state index in [0.717, 1.165) is 41.5 Å². The highest BCUT2D eigenvalue weighted by Crippen LogP contribution is 2.38. The summed E-state index contributed by atoms with van der Waals surface area (Å²) in [7, 11) is 1.75. The standard InChI is InChI=1S/C15H20BrNO3S/c1-10-8-11(21-13(10)16)14(20)17(2)15(9-12(18)19)6-4-3-5-7-15/h8H,3-7,9H2,1-2H3,(H,18,19). The normalized spacial score (nSPS) is 17.5. The maximum Gasteiger partial charge on any atom is 0.305 e. The lowest BCUT2D eigenvalue weighted by Gasteiger charge is -2.43. The van der Waals surface area contributed by atoms with Crippen LogP contribution in [0.1, 0.15) is 53.8 Å². The number of amides is 1. The summed E-state index contributed by atoms with van der Waals surface area (Å²) in [5.74, 6) is -0.906. The van der Waals surface area contributed by atoms with E-state index in [1.54, 1.807) is 11.9 Å². The number of carboxylic acid groups (broad SMARTS) is 1. The van der Waals surface area contributed by atoms with E-state index in [0.29, 0.717) is 4.88 Å². The van der Waals surface area contributed by atoms with Gasteiger partial charge in [0.25, 0.3) is 5.91 Å². The Labute approximate surface area is 137 Å². The van der Waals surface area contributed by atoms with Crippen LogP contribution < -0.4 is 0 Å². The van der Waals surface area contributed by atoms with Crippen molar-refractivity contribution in [3.05, 3.63) is 20.3 Å². The Kier molecular flexibility index (Phi) is 5.09.